The number of hydrogen-bond donors (Lipinski definition) is 1. The number of benzene rings is 1. The fourth-order valence-corrected chi connectivity index (χ4v) is 4.83. The van der Waals surface area contributed by atoms with Crippen LogP contribution in [0.25, 0.3) is 10.6 Å². The molecule has 0 fully saturated rings. The summed E-state index contributed by atoms with van der Waals surface area (Å²) in [7, 11) is -2.32. The molecule has 1 aromatic heterocycles. The van der Waals surface area contributed by atoms with Crippen LogP contribution in [0.1, 0.15) is 13.3 Å². The number of nitrogens with zero attached hydrogens (tertiary/aromatic N) is 2. The maximum absolute atomic E-state index is 12.8. The predicted molar refractivity (Wildman–Crippen MR) is 98.4 cm³/mol. The Morgan fingerprint density at radius 1 is 1.33 bits per heavy atom. The first-order valence-corrected chi connectivity index (χ1v) is 10.4. The van der Waals surface area contributed by atoms with Crippen molar-refractivity contribution in [2.24, 2.45) is 0 Å². The van der Waals surface area contributed by atoms with Gasteiger partial charge in [-0.1, -0.05) is 35.0 Å². The van der Waals surface area contributed by atoms with Gasteiger partial charge in [-0.25, -0.2) is 13.4 Å². The number of thiazole rings is 1. The molecule has 0 saturated carbocycles. The van der Waals surface area contributed by atoms with Crippen molar-refractivity contribution < 1.29 is 13.2 Å². The fourth-order valence-electron chi connectivity index (χ4n) is 2.01. The van der Waals surface area contributed by atoms with Crippen molar-refractivity contribution in [3.05, 3.63) is 34.1 Å². The highest BCUT2D eigenvalue weighted by molar-refractivity contribution is 9.10. The molecular formula is C15H18BrN3O3S2. The maximum Gasteiger partial charge on any atom is 0.261 e. The first kappa shape index (κ1) is 19.0. The molecule has 0 aliphatic heterocycles. The van der Waals surface area contributed by atoms with E-state index in [2.05, 4.69) is 26.2 Å². The normalized spacial score (nSPS) is 11.7. The Kier molecular flexibility index (Phi) is 6.50. The number of amides is 1. The summed E-state index contributed by atoms with van der Waals surface area (Å²) in [6.45, 7) is 1.92. The number of likely N-dealkylation sites (N-methyl/N-ethyl adjacent to an activating group) is 1. The van der Waals surface area contributed by atoms with E-state index in [4.69, 9.17) is 0 Å². The largest absolute Gasteiger partial charge is 0.358 e. The lowest BCUT2D eigenvalue weighted by molar-refractivity contribution is -0.120. The second kappa shape index (κ2) is 8.19. The molecule has 2 aromatic rings. The van der Waals surface area contributed by atoms with Gasteiger partial charge >= 0.3 is 0 Å². The van der Waals surface area contributed by atoms with Gasteiger partial charge in [-0.2, -0.15) is 4.31 Å². The highest BCUT2D eigenvalue weighted by Crippen LogP contribution is 2.28. The van der Waals surface area contributed by atoms with Crippen molar-refractivity contribution in [3.63, 3.8) is 0 Å². The SMILES string of the molecule is CCCN(CC(=O)NC)S(=O)(=O)c1csc(-c2ccc(Br)cc2)n1. The lowest BCUT2D eigenvalue weighted by atomic mass is 10.2. The standard InChI is InChI=1S/C15H18BrN3O3S2/c1-3-8-19(9-13(20)17-2)24(21,22)14-10-23-15(18-14)11-4-6-12(16)7-5-11/h4-7,10H,3,8-9H2,1-2H3,(H,17,20). The summed E-state index contributed by atoms with van der Waals surface area (Å²) < 4.78 is 27.6. The van der Waals surface area contributed by atoms with Crippen LogP contribution in [0.4, 0.5) is 0 Å². The number of nitrogens with one attached hydrogen (secondary N) is 1. The Hall–Kier alpha value is -1.29. The Labute approximate surface area is 154 Å². The molecule has 9 heteroatoms. The molecule has 0 unspecified atom stereocenters. The number of sulfonamides is 1. The van der Waals surface area contributed by atoms with Crippen LogP contribution in [0.5, 0.6) is 0 Å². The van der Waals surface area contributed by atoms with E-state index < -0.39 is 10.0 Å². The number of rotatable bonds is 7. The molecule has 0 saturated heterocycles. The van der Waals surface area contributed by atoms with Gasteiger partial charge in [-0.15, -0.1) is 11.3 Å². The summed E-state index contributed by atoms with van der Waals surface area (Å²) in [4.78, 5) is 15.9. The molecule has 1 N–H and O–H groups in total. The van der Waals surface area contributed by atoms with Crippen molar-refractivity contribution >= 4 is 43.2 Å². The third-order valence-electron chi connectivity index (χ3n) is 3.25. The minimum atomic E-state index is -3.80. The third kappa shape index (κ3) is 4.41. The van der Waals surface area contributed by atoms with Crippen molar-refractivity contribution in [3.8, 4) is 10.6 Å². The highest BCUT2D eigenvalue weighted by Gasteiger charge is 2.28. The van der Waals surface area contributed by atoms with Gasteiger partial charge in [0.2, 0.25) is 5.91 Å². The molecule has 0 atom stereocenters. The summed E-state index contributed by atoms with van der Waals surface area (Å²) in [6.07, 6.45) is 0.611. The number of carbonyl (C=O) groups excluding carboxylic acids is 1. The zero-order chi connectivity index (χ0) is 17.7. The molecule has 2 rings (SSSR count). The van der Waals surface area contributed by atoms with Gasteiger partial charge in [0.05, 0.1) is 6.54 Å². The smallest absolute Gasteiger partial charge is 0.261 e. The molecular weight excluding hydrogens is 414 g/mol. The topological polar surface area (TPSA) is 79.4 Å². The Bertz CT molecular complexity index is 804. The van der Waals surface area contributed by atoms with E-state index in [1.165, 1.54) is 23.8 Å². The maximum atomic E-state index is 12.8. The van der Waals surface area contributed by atoms with Gasteiger partial charge in [0.1, 0.15) is 5.01 Å². The van der Waals surface area contributed by atoms with Crippen molar-refractivity contribution in [1.82, 2.24) is 14.6 Å². The number of halogens is 1. The summed E-state index contributed by atoms with van der Waals surface area (Å²) in [5.41, 5.74) is 0.845. The number of hydrogen-bond acceptors (Lipinski definition) is 5. The van der Waals surface area contributed by atoms with E-state index in [1.807, 2.05) is 31.2 Å². The Morgan fingerprint density at radius 2 is 2.00 bits per heavy atom. The van der Waals surface area contributed by atoms with Gasteiger partial charge in [0, 0.05) is 29.0 Å². The minimum Gasteiger partial charge on any atom is -0.358 e. The molecule has 0 radical (unpaired) electrons. The molecule has 130 valence electrons. The highest BCUT2D eigenvalue weighted by atomic mass is 79.9. The van der Waals surface area contributed by atoms with Crippen molar-refractivity contribution in [2.45, 2.75) is 18.4 Å². The summed E-state index contributed by atoms with van der Waals surface area (Å²) in [5.74, 6) is -0.351. The molecule has 0 spiro atoms. The molecule has 0 bridgehead atoms. The molecule has 24 heavy (non-hydrogen) atoms. The second-order valence-corrected chi connectivity index (χ2v) is 8.67. The molecule has 1 amide bonds. The summed E-state index contributed by atoms with van der Waals surface area (Å²) in [5, 5.41) is 4.56. The van der Waals surface area contributed by atoms with Crippen LogP contribution in [0.3, 0.4) is 0 Å². The first-order chi connectivity index (χ1) is 11.4. The zero-order valence-corrected chi connectivity index (χ0v) is 16.5. The molecule has 1 aromatic carbocycles. The van der Waals surface area contributed by atoms with E-state index in [0.717, 1.165) is 14.3 Å². The van der Waals surface area contributed by atoms with E-state index >= 15 is 0 Å². The van der Waals surface area contributed by atoms with Gasteiger partial charge in [-0.3, -0.25) is 4.79 Å². The summed E-state index contributed by atoms with van der Waals surface area (Å²) >= 11 is 4.63. The van der Waals surface area contributed by atoms with Gasteiger partial charge in [0.25, 0.3) is 10.0 Å². The molecule has 6 nitrogen and oxygen atoms in total. The van der Waals surface area contributed by atoms with E-state index in [1.54, 1.807) is 0 Å². The molecule has 0 aliphatic carbocycles. The van der Waals surface area contributed by atoms with Crippen LogP contribution in [0.2, 0.25) is 0 Å². The predicted octanol–water partition coefficient (Wildman–Crippen LogP) is 2.72. The van der Waals surface area contributed by atoms with Crippen molar-refractivity contribution in [1.29, 1.82) is 0 Å². The van der Waals surface area contributed by atoms with Crippen LogP contribution in [-0.2, 0) is 14.8 Å². The lowest BCUT2D eigenvalue weighted by Gasteiger charge is -2.19. The quantitative estimate of drug-likeness (QED) is 0.730. The number of aromatic nitrogens is 1. The van der Waals surface area contributed by atoms with E-state index in [0.29, 0.717) is 11.4 Å². The Balaban J connectivity index is 2.31. The first-order valence-electron chi connectivity index (χ1n) is 7.30. The molecule has 0 aliphatic rings. The van der Waals surface area contributed by atoms with Crippen LogP contribution >= 0.6 is 27.3 Å². The number of carbonyl (C=O) groups is 1. The minimum absolute atomic E-state index is 0.0252. The Morgan fingerprint density at radius 3 is 2.58 bits per heavy atom. The van der Waals surface area contributed by atoms with Gasteiger partial charge in [0.15, 0.2) is 5.03 Å². The second-order valence-electron chi connectivity index (χ2n) is 5.01. The average molecular weight is 432 g/mol. The monoisotopic (exact) mass is 431 g/mol. The molecule has 1 heterocycles. The zero-order valence-electron chi connectivity index (χ0n) is 13.3. The fraction of sp³-hybridized carbons (Fsp3) is 0.333. The van der Waals surface area contributed by atoms with Crippen molar-refractivity contribution in [2.75, 3.05) is 20.1 Å². The van der Waals surface area contributed by atoms with Gasteiger partial charge in [-0.05, 0) is 18.6 Å². The van der Waals surface area contributed by atoms with E-state index in [-0.39, 0.29) is 24.0 Å². The van der Waals surface area contributed by atoms with Gasteiger partial charge < -0.3 is 5.32 Å². The van der Waals surface area contributed by atoms with Crippen LogP contribution in [0, 0.1) is 0 Å². The van der Waals surface area contributed by atoms with E-state index in [9.17, 15) is 13.2 Å². The van der Waals surface area contributed by atoms with Crippen LogP contribution in [0.15, 0.2) is 39.1 Å². The average Bonchev–Trinajstić information content (AvgIpc) is 3.05. The lowest BCUT2D eigenvalue weighted by Crippen LogP contribution is -2.40. The van der Waals surface area contributed by atoms with Crippen LogP contribution in [-0.4, -0.2) is 43.8 Å². The summed E-state index contributed by atoms with van der Waals surface area (Å²) in [6, 6.07) is 7.49. The van der Waals surface area contributed by atoms with Crippen LogP contribution < -0.4 is 5.32 Å². The third-order valence-corrected chi connectivity index (χ3v) is 6.55.